The molecule has 0 aliphatic rings. The Bertz CT molecular complexity index is 659. The van der Waals surface area contributed by atoms with Crippen LogP contribution in [0.25, 0.3) is 0 Å². The monoisotopic (exact) mass is 392 g/mol. The van der Waals surface area contributed by atoms with E-state index in [9.17, 15) is 19.3 Å². The van der Waals surface area contributed by atoms with Gasteiger partial charge in [-0.2, -0.15) is 0 Å². The lowest BCUT2D eigenvalue weighted by Gasteiger charge is -2.04. The number of nitro groups is 1. The predicted molar refractivity (Wildman–Crippen MR) is 78.0 cm³/mol. The number of nitro benzene ring substituents is 1. The maximum atomic E-state index is 13.0. The van der Waals surface area contributed by atoms with E-state index < -0.39 is 22.3 Å². The molecule has 98 valence electrons. The first kappa shape index (κ1) is 13.9. The number of hydrogen-bond acceptors (Lipinski definition) is 4. The summed E-state index contributed by atoms with van der Waals surface area (Å²) < 4.78 is 13.9. The molecule has 0 unspecified atom stereocenters. The summed E-state index contributed by atoms with van der Waals surface area (Å²) in [7, 11) is 0. The Balaban J connectivity index is 2.28. The van der Waals surface area contributed by atoms with Crippen molar-refractivity contribution in [2.24, 2.45) is 0 Å². The van der Waals surface area contributed by atoms with Gasteiger partial charge in [-0.3, -0.25) is 14.9 Å². The van der Waals surface area contributed by atoms with Crippen LogP contribution >= 0.6 is 33.9 Å². The van der Waals surface area contributed by atoms with Crippen LogP contribution in [0.4, 0.5) is 15.8 Å². The zero-order valence-electron chi connectivity index (χ0n) is 9.22. The highest BCUT2D eigenvalue weighted by Gasteiger charge is 2.18. The summed E-state index contributed by atoms with van der Waals surface area (Å²) >= 11 is 3.46. The van der Waals surface area contributed by atoms with Crippen LogP contribution in [0.15, 0.2) is 29.6 Å². The van der Waals surface area contributed by atoms with Crippen LogP contribution in [0.3, 0.4) is 0 Å². The number of nitrogens with zero attached hydrogens (tertiary/aromatic N) is 1. The lowest BCUT2D eigenvalue weighted by molar-refractivity contribution is -0.384. The van der Waals surface area contributed by atoms with Crippen LogP contribution in [0, 0.1) is 18.8 Å². The van der Waals surface area contributed by atoms with Gasteiger partial charge in [0.1, 0.15) is 11.5 Å². The van der Waals surface area contributed by atoms with E-state index in [0.29, 0.717) is 5.56 Å². The van der Waals surface area contributed by atoms with E-state index in [0.717, 1.165) is 15.0 Å². The summed E-state index contributed by atoms with van der Waals surface area (Å²) in [6.07, 6.45) is 0. The van der Waals surface area contributed by atoms with Gasteiger partial charge in [-0.1, -0.05) is 0 Å². The van der Waals surface area contributed by atoms with E-state index in [2.05, 4.69) is 27.9 Å². The fraction of sp³-hybridized carbons (Fsp3) is 0. The van der Waals surface area contributed by atoms with E-state index in [1.54, 1.807) is 11.4 Å². The van der Waals surface area contributed by atoms with Crippen LogP contribution in [0.5, 0.6) is 0 Å². The van der Waals surface area contributed by atoms with Crippen LogP contribution < -0.4 is 5.32 Å². The number of halogens is 2. The Kier molecular flexibility index (Phi) is 4.10. The quantitative estimate of drug-likeness (QED) is 0.493. The number of carbonyl (C=O) groups is 1. The molecule has 5 nitrogen and oxygen atoms in total. The minimum absolute atomic E-state index is 0.0300. The standard InChI is InChI=1S/C11H6FIN2O3S/c12-7-1-2-8(9(4-7)15(17)18)14-11(16)6-3-10(13)19-5-6/h1-5H,(H,14,16). The minimum Gasteiger partial charge on any atom is -0.316 e. The minimum atomic E-state index is -0.740. The molecule has 8 heteroatoms. The van der Waals surface area contributed by atoms with Gasteiger partial charge >= 0.3 is 0 Å². The summed E-state index contributed by atoms with van der Waals surface area (Å²) in [4.78, 5) is 21.9. The van der Waals surface area contributed by atoms with Gasteiger partial charge in [-0.05, 0) is 40.8 Å². The molecule has 0 fully saturated rings. The Morgan fingerprint density at radius 2 is 2.16 bits per heavy atom. The van der Waals surface area contributed by atoms with Crippen LogP contribution in [0.1, 0.15) is 10.4 Å². The molecule has 1 aromatic heterocycles. The van der Waals surface area contributed by atoms with Crippen molar-refractivity contribution in [3.05, 3.63) is 54.0 Å². The zero-order chi connectivity index (χ0) is 14.0. The topological polar surface area (TPSA) is 72.2 Å². The molecule has 2 rings (SSSR count). The van der Waals surface area contributed by atoms with Crippen molar-refractivity contribution in [1.29, 1.82) is 0 Å². The first-order valence-corrected chi connectivity index (χ1v) is 6.92. The lowest BCUT2D eigenvalue weighted by atomic mass is 10.2. The molecule has 1 amide bonds. The van der Waals surface area contributed by atoms with Crippen LogP contribution in [0.2, 0.25) is 0 Å². The molecule has 0 atom stereocenters. The number of carbonyl (C=O) groups excluding carboxylic acids is 1. The Morgan fingerprint density at radius 1 is 1.42 bits per heavy atom. The van der Waals surface area contributed by atoms with Gasteiger partial charge in [0, 0.05) is 5.38 Å². The first-order chi connectivity index (χ1) is 8.97. The van der Waals surface area contributed by atoms with Gasteiger partial charge in [0.2, 0.25) is 0 Å². The number of anilines is 1. The number of thiophene rings is 1. The number of benzene rings is 1. The summed E-state index contributed by atoms with van der Waals surface area (Å²) in [6.45, 7) is 0. The number of hydrogen-bond donors (Lipinski definition) is 1. The molecule has 0 aliphatic carbocycles. The van der Waals surface area contributed by atoms with Crippen molar-refractivity contribution in [2.75, 3.05) is 5.32 Å². The Hall–Kier alpha value is -1.55. The van der Waals surface area contributed by atoms with Crippen molar-refractivity contribution < 1.29 is 14.1 Å². The fourth-order valence-corrected chi connectivity index (χ4v) is 2.71. The van der Waals surface area contributed by atoms with Crippen molar-refractivity contribution in [3.8, 4) is 0 Å². The summed E-state index contributed by atoms with van der Waals surface area (Å²) in [5.74, 6) is -1.19. The third-order valence-electron chi connectivity index (χ3n) is 2.23. The van der Waals surface area contributed by atoms with Crippen LogP contribution in [-0.4, -0.2) is 10.8 Å². The van der Waals surface area contributed by atoms with Gasteiger partial charge in [-0.15, -0.1) is 11.3 Å². The van der Waals surface area contributed by atoms with Crippen molar-refractivity contribution in [2.45, 2.75) is 0 Å². The van der Waals surface area contributed by atoms with Crippen molar-refractivity contribution in [3.63, 3.8) is 0 Å². The third-order valence-corrected chi connectivity index (χ3v) is 4.02. The molecule has 0 spiro atoms. The van der Waals surface area contributed by atoms with E-state index in [1.165, 1.54) is 17.4 Å². The molecule has 0 saturated carbocycles. The van der Waals surface area contributed by atoms with E-state index in [1.807, 2.05) is 0 Å². The molecule has 1 heterocycles. The number of rotatable bonds is 3. The maximum Gasteiger partial charge on any atom is 0.295 e. The lowest BCUT2D eigenvalue weighted by Crippen LogP contribution is -2.12. The molecule has 1 N–H and O–H groups in total. The second kappa shape index (κ2) is 5.61. The average Bonchev–Trinajstić information content (AvgIpc) is 2.78. The first-order valence-electron chi connectivity index (χ1n) is 4.96. The molecule has 0 aliphatic heterocycles. The second-order valence-corrected chi connectivity index (χ2v) is 6.32. The summed E-state index contributed by atoms with van der Waals surface area (Å²) in [6, 6.07) is 4.66. The molecule has 2 aromatic rings. The summed E-state index contributed by atoms with van der Waals surface area (Å²) in [5.41, 5.74) is -0.0936. The van der Waals surface area contributed by atoms with E-state index in [4.69, 9.17) is 0 Å². The maximum absolute atomic E-state index is 13.0. The highest BCUT2D eigenvalue weighted by Crippen LogP contribution is 2.26. The van der Waals surface area contributed by atoms with Crippen LogP contribution in [-0.2, 0) is 0 Å². The van der Waals surface area contributed by atoms with E-state index >= 15 is 0 Å². The molecule has 19 heavy (non-hydrogen) atoms. The molecular formula is C11H6FIN2O3S. The molecular weight excluding hydrogens is 386 g/mol. The fourth-order valence-electron chi connectivity index (χ4n) is 1.39. The molecule has 0 saturated heterocycles. The largest absolute Gasteiger partial charge is 0.316 e. The highest BCUT2D eigenvalue weighted by atomic mass is 127. The smallest absolute Gasteiger partial charge is 0.295 e. The molecule has 1 aromatic carbocycles. The SMILES string of the molecule is O=C(Nc1ccc(F)cc1[N+](=O)[O-])c1csc(I)c1. The summed E-state index contributed by atoms with van der Waals surface area (Å²) in [5, 5.41) is 14.8. The molecule has 0 radical (unpaired) electrons. The van der Waals surface area contributed by atoms with Gasteiger partial charge in [0.15, 0.2) is 0 Å². The third kappa shape index (κ3) is 3.26. The average molecular weight is 392 g/mol. The highest BCUT2D eigenvalue weighted by molar-refractivity contribution is 14.1. The normalized spacial score (nSPS) is 10.2. The molecule has 0 bridgehead atoms. The van der Waals surface area contributed by atoms with E-state index in [-0.39, 0.29) is 5.69 Å². The van der Waals surface area contributed by atoms with Gasteiger partial charge in [-0.25, -0.2) is 4.39 Å². The van der Waals surface area contributed by atoms with Gasteiger partial charge in [0.25, 0.3) is 11.6 Å². The van der Waals surface area contributed by atoms with Crippen molar-refractivity contribution in [1.82, 2.24) is 0 Å². The Morgan fingerprint density at radius 3 is 2.74 bits per heavy atom. The second-order valence-electron chi connectivity index (χ2n) is 3.51. The zero-order valence-corrected chi connectivity index (χ0v) is 12.2. The van der Waals surface area contributed by atoms with Gasteiger partial charge in [0.05, 0.1) is 19.4 Å². The van der Waals surface area contributed by atoms with Gasteiger partial charge < -0.3 is 5.32 Å². The number of nitrogens with one attached hydrogen (secondary N) is 1. The predicted octanol–water partition coefficient (Wildman–Crippen LogP) is 3.65. The van der Waals surface area contributed by atoms with Crippen molar-refractivity contribution >= 4 is 51.2 Å². The number of amides is 1. The Labute approximate surface area is 124 Å².